The summed E-state index contributed by atoms with van der Waals surface area (Å²) in [6, 6.07) is 0.149. The van der Waals surface area contributed by atoms with Crippen LogP contribution in [-0.2, 0) is 0 Å². The van der Waals surface area contributed by atoms with Gasteiger partial charge >= 0.3 is 0 Å². The summed E-state index contributed by atoms with van der Waals surface area (Å²) in [6.45, 7) is 5.25. The molecule has 1 fully saturated rings. The van der Waals surface area contributed by atoms with Gasteiger partial charge in [0, 0.05) is 19.1 Å². The van der Waals surface area contributed by atoms with E-state index in [2.05, 4.69) is 9.97 Å². The Kier molecular flexibility index (Phi) is 3.05. The van der Waals surface area contributed by atoms with E-state index in [0.717, 1.165) is 19.5 Å². The standard InChI is InChI=1S/C11H17FN4/c1-7(13)9-3-4-16(5-9)11-10(12)8(2)14-6-15-11/h6-7,9H,3-5,13H2,1-2H3. The minimum absolute atomic E-state index is 0.149. The van der Waals surface area contributed by atoms with Gasteiger partial charge in [-0.05, 0) is 26.2 Å². The molecule has 0 aliphatic carbocycles. The largest absolute Gasteiger partial charge is 0.354 e. The van der Waals surface area contributed by atoms with E-state index >= 15 is 0 Å². The highest BCUT2D eigenvalue weighted by atomic mass is 19.1. The molecule has 1 aromatic heterocycles. The number of hydrogen-bond acceptors (Lipinski definition) is 4. The number of nitrogens with two attached hydrogens (primary N) is 1. The van der Waals surface area contributed by atoms with Crippen LogP contribution in [0.3, 0.4) is 0 Å². The second-order valence-electron chi connectivity index (χ2n) is 4.45. The summed E-state index contributed by atoms with van der Waals surface area (Å²) in [4.78, 5) is 9.80. The molecule has 0 bridgehead atoms. The normalized spacial score (nSPS) is 22.5. The van der Waals surface area contributed by atoms with E-state index in [9.17, 15) is 4.39 Å². The fourth-order valence-corrected chi connectivity index (χ4v) is 2.07. The molecule has 0 saturated carbocycles. The molecule has 5 heteroatoms. The zero-order chi connectivity index (χ0) is 11.7. The van der Waals surface area contributed by atoms with Crippen LogP contribution in [0, 0.1) is 18.7 Å². The molecule has 2 rings (SSSR count). The predicted molar refractivity (Wildman–Crippen MR) is 60.7 cm³/mol. The second kappa shape index (κ2) is 4.33. The first kappa shape index (κ1) is 11.3. The number of halogens is 1. The minimum atomic E-state index is -0.312. The SMILES string of the molecule is Cc1ncnc(N2CCC(C(C)N)C2)c1F. The van der Waals surface area contributed by atoms with Crippen molar-refractivity contribution in [2.45, 2.75) is 26.3 Å². The molecule has 1 saturated heterocycles. The van der Waals surface area contributed by atoms with Gasteiger partial charge in [0.1, 0.15) is 6.33 Å². The molecule has 1 aliphatic rings. The van der Waals surface area contributed by atoms with Crippen molar-refractivity contribution in [1.29, 1.82) is 0 Å². The lowest BCUT2D eigenvalue weighted by Crippen LogP contribution is -2.30. The summed E-state index contributed by atoms with van der Waals surface area (Å²) >= 11 is 0. The van der Waals surface area contributed by atoms with Gasteiger partial charge in [-0.25, -0.2) is 14.4 Å². The third-order valence-electron chi connectivity index (χ3n) is 3.21. The smallest absolute Gasteiger partial charge is 0.186 e. The van der Waals surface area contributed by atoms with Crippen LogP contribution in [0.4, 0.5) is 10.2 Å². The van der Waals surface area contributed by atoms with E-state index < -0.39 is 0 Å². The van der Waals surface area contributed by atoms with Crippen molar-refractivity contribution in [2.75, 3.05) is 18.0 Å². The first-order valence-corrected chi connectivity index (χ1v) is 5.57. The van der Waals surface area contributed by atoms with Gasteiger partial charge < -0.3 is 10.6 Å². The van der Waals surface area contributed by atoms with Crippen molar-refractivity contribution in [3.8, 4) is 0 Å². The predicted octanol–water partition coefficient (Wildman–Crippen LogP) is 1.10. The molecule has 2 N–H and O–H groups in total. The molecule has 0 radical (unpaired) electrons. The van der Waals surface area contributed by atoms with Crippen LogP contribution in [0.2, 0.25) is 0 Å². The van der Waals surface area contributed by atoms with Gasteiger partial charge in [-0.3, -0.25) is 0 Å². The second-order valence-corrected chi connectivity index (χ2v) is 4.45. The van der Waals surface area contributed by atoms with Gasteiger partial charge in [-0.15, -0.1) is 0 Å². The van der Waals surface area contributed by atoms with Gasteiger partial charge in [0.2, 0.25) is 0 Å². The number of rotatable bonds is 2. The van der Waals surface area contributed by atoms with Gasteiger partial charge in [-0.2, -0.15) is 0 Å². The summed E-state index contributed by atoms with van der Waals surface area (Å²) in [5.74, 6) is 0.526. The summed E-state index contributed by atoms with van der Waals surface area (Å²) in [6.07, 6.45) is 2.41. The van der Waals surface area contributed by atoms with Crippen LogP contribution in [0.25, 0.3) is 0 Å². The van der Waals surface area contributed by atoms with Crippen LogP contribution in [-0.4, -0.2) is 29.1 Å². The highest BCUT2D eigenvalue weighted by Gasteiger charge is 2.28. The maximum Gasteiger partial charge on any atom is 0.186 e. The van der Waals surface area contributed by atoms with Crippen molar-refractivity contribution < 1.29 is 4.39 Å². The molecule has 1 aromatic rings. The zero-order valence-corrected chi connectivity index (χ0v) is 9.65. The maximum atomic E-state index is 13.8. The topological polar surface area (TPSA) is 55.0 Å². The lowest BCUT2D eigenvalue weighted by Gasteiger charge is -2.19. The number of aryl methyl sites for hydroxylation is 1. The molecular formula is C11H17FN4. The molecule has 2 atom stereocenters. The molecule has 2 unspecified atom stereocenters. The number of hydrogen-bond donors (Lipinski definition) is 1. The minimum Gasteiger partial charge on any atom is -0.354 e. The molecule has 0 amide bonds. The number of aromatic nitrogens is 2. The third-order valence-corrected chi connectivity index (χ3v) is 3.21. The Morgan fingerprint density at radius 3 is 2.94 bits per heavy atom. The van der Waals surface area contributed by atoms with Crippen molar-refractivity contribution in [2.24, 2.45) is 11.7 Å². The molecule has 0 aromatic carbocycles. The summed E-state index contributed by atoms with van der Waals surface area (Å²) in [5.41, 5.74) is 6.25. The Morgan fingerprint density at radius 1 is 1.56 bits per heavy atom. The van der Waals surface area contributed by atoms with Crippen LogP contribution >= 0.6 is 0 Å². The van der Waals surface area contributed by atoms with E-state index in [1.54, 1.807) is 6.92 Å². The first-order valence-electron chi connectivity index (χ1n) is 5.57. The average molecular weight is 224 g/mol. The average Bonchev–Trinajstić information content (AvgIpc) is 2.71. The number of anilines is 1. The Hall–Kier alpha value is -1.23. The molecule has 1 aliphatic heterocycles. The summed E-state index contributed by atoms with van der Waals surface area (Å²) in [5, 5.41) is 0. The highest BCUT2D eigenvalue weighted by molar-refractivity contribution is 5.41. The van der Waals surface area contributed by atoms with Gasteiger partial charge in [0.15, 0.2) is 11.6 Å². The third kappa shape index (κ3) is 2.00. The first-order chi connectivity index (χ1) is 7.59. The van der Waals surface area contributed by atoms with E-state index in [4.69, 9.17) is 5.73 Å². The van der Waals surface area contributed by atoms with Crippen LogP contribution in [0.1, 0.15) is 19.0 Å². The highest BCUT2D eigenvalue weighted by Crippen LogP contribution is 2.25. The lowest BCUT2D eigenvalue weighted by atomic mass is 10.0. The van der Waals surface area contributed by atoms with Gasteiger partial charge in [-0.1, -0.05) is 0 Å². The summed E-state index contributed by atoms with van der Waals surface area (Å²) in [7, 11) is 0. The lowest BCUT2D eigenvalue weighted by molar-refractivity contribution is 0.487. The van der Waals surface area contributed by atoms with Gasteiger partial charge in [0.25, 0.3) is 0 Å². The van der Waals surface area contributed by atoms with E-state index in [1.807, 2.05) is 11.8 Å². The Labute approximate surface area is 94.7 Å². The van der Waals surface area contributed by atoms with Crippen LogP contribution < -0.4 is 10.6 Å². The number of nitrogens with zero attached hydrogens (tertiary/aromatic N) is 3. The molecule has 88 valence electrons. The van der Waals surface area contributed by atoms with Gasteiger partial charge in [0.05, 0.1) is 5.69 Å². The Bertz CT molecular complexity index is 380. The van der Waals surface area contributed by atoms with Crippen molar-refractivity contribution in [3.05, 3.63) is 17.8 Å². The molecular weight excluding hydrogens is 207 g/mol. The van der Waals surface area contributed by atoms with Crippen LogP contribution in [0.15, 0.2) is 6.33 Å². The van der Waals surface area contributed by atoms with Crippen molar-refractivity contribution in [3.63, 3.8) is 0 Å². The Balaban J connectivity index is 2.17. The van der Waals surface area contributed by atoms with E-state index in [-0.39, 0.29) is 11.9 Å². The van der Waals surface area contributed by atoms with Crippen molar-refractivity contribution >= 4 is 5.82 Å². The molecule has 0 spiro atoms. The van der Waals surface area contributed by atoms with E-state index in [0.29, 0.717) is 17.4 Å². The Morgan fingerprint density at radius 2 is 2.31 bits per heavy atom. The fourth-order valence-electron chi connectivity index (χ4n) is 2.07. The monoisotopic (exact) mass is 224 g/mol. The fraction of sp³-hybridized carbons (Fsp3) is 0.636. The zero-order valence-electron chi connectivity index (χ0n) is 9.65. The van der Waals surface area contributed by atoms with E-state index in [1.165, 1.54) is 6.33 Å². The van der Waals surface area contributed by atoms with Crippen LogP contribution in [0.5, 0.6) is 0 Å². The summed E-state index contributed by atoms with van der Waals surface area (Å²) < 4.78 is 13.8. The quantitative estimate of drug-likeness (QED) is 0.817. The van der Waals surface area contributed by atoms with Crippen molar-refractivity contribution in [1.82, 2.24) is 9.97 Å². The molecule has 4 nitrogen and oxygen atoms in total. The molecule has 2 heterocycles. The maximum absolute atomic E-state index is 13.8. The molecule has 16 heavy (non-hydrogen) atoms.